The molecule has 0 amide bonds. The summed E-state index contributed by atoms with van der Waals surface area (Å²) in [5.41, 5.74) is 0. The Hall–Kier alpha value is 3.57. The van der Waals surface area contributed by atoms with Gasteiger partial charge < -0.3 is 0 Å². The summed E-state index contributed by atoms with van der Waals surface area (Å²) in [5, 5.41) is 0. The van der Waals surface area contributed by atoms with Gasteiger partial charge in [0.25, 0.3) is 0 Å². The molecule has 0 aromatic rings. The highest BCUT2D eigenvalue weighted by atomic mass is 35.8. The van der Waals surface area contributed by atoms with Gasteiger partial charge in [-0.1, -0.05) is 21.6 Å². The molecule has 0 saturated heterocycles. The predicted molar refractivity (Wildman–Crippen MR) is 106 cm³/mol. The van der Waals surface area contributed by atoms with Crippen LogP contribution in [0.15, 0.2) is 0 Å². The van der Waals surface area contributed by atoms with E-state index >= 15 is 0 Å². The molecule has 0 aromatic carbocycles. The van der Waals surface area contributed by atoms with Crippen molar-refractivity contribution in [2.45, 2.75) is 24.9 Å². The first-order valence-corrected chi connectivity index (χ1v) is 20.6. The molecule has 0 aliphatic heterocycles. The van der Waals surface area contributed by atoms with E-state index in [9.17, 15) is 0 Å². The van der Waals surface area contributed by atoms with Crippen LogP contribution >= 0.6 is 108 Å². The molecule has 0 spiro atoms. The average molecular weight is 481 g/mol. The topological polar surface area (TPSA) is 0 Å². The van der Waals surface area contributed by atoms with Crippen LogP contribution in [0.1, 0.15) is 12.8 Å². The molecule has 0 fully saturated rings. The first-order chi connectivity index (χ1) is 8.21. The molecule has 0 bridgehead atoms. The zero-order chi connectivity index (χ0) is 14.1. The highest BCUT2D eigenvalue weighted by Gasteiger charge is 2.24. The number of halogens is 6. The minimum atomic E-state index is -2.41. The highest BCUT2D eigenvalue weighted by Crippen LogP contribution is 2.44. The van der Waals surface area contributed by atoms with Crippen molar-refractivity contribution < 1.29 is 0 Å². The fourth-order valence-corrected chi connectivity index (χ4v) is 11.0. The second-order valence-corrected chi connectivity index (χ2v) is 28.0. The molecule has 0 nitrogen and oxygen atoms in total. The maximum Gasteiger partial charge on any atom is 0.341 e. The molecule has 0 aromatic heterocycles. The maximum atomic E-state index is 5.78. The van der Waals surface area contributed by atoms with Gasteiger partial charge in [0.2, 0.25) is 0 Å². The zero-order valence-corrected chi connectivity index (χ0v) is 18.9. The molecular weight excluding hydrogens is 469 g/mol. The van der Waals surface area contributed by atoms with Gasteiger partial charge in [-0.25, -0.2) is 0 Å². The molecule has 0 N–H and O–H groups in total. The third-order valence-corrected chi connectivity index (χ3v) is 13.4. The lowest BCUT2D eigenvalue weighted by Crippen LogP contribution is -2.08. The summed E-state index contributed by atoms with van der Waals surface area (Å²) in [5.74, 6) is 2.03. The lowest BCUT2D eigenvalue weighted by molar-refractivity contribution is 1.10. The maximum absolute atomic E-state index is 5.78. The van der Waals surface area contributed by atoms with E-state index in [1.807, 2.05) is 0 Å². The van der Waals surface area contributed by atoms with Crippen molar-refractivity contribution in [1.82, 2.24) is 0 Å². The van der Waals surface area contributed by atoms with Crippen LogP contribution in [0, 0.1) is 0 Å². The largest absolute Gasteiger partial charge is 0.341 e. The fourth-order valence-electron chi connectivity index (χ4n) is 0.770. The van der Waals surface area contributed by atoms with Gasteiger partial charge in [-0.15, -0.1) is 66.5 Å². The minimum absolute atomic E-state index is 0.733. The molecule has 0 atom stereocenters. The number of hydrogen-bond donors (Lipinski definition) is 0. The van der Waals surface area contributed by atoms with Gasteiger partial charge in [0.15, 0.2) is 0 Å². The van der Waals surface area contributed by atoms with E-state index < -0.39 is 12.0 Å². The third-order valence-electron chi connectivity index (χ3n) is 1.50. The van der Waals surface area contributed by atoms with Crippen LogP contribution in [-0.4, -0.2) is 23.5 Å². The van der Waals surface area contributed by atoms with Crippen molar-refractivity contribution in [1.29, 1.82) is 0 Å². The summed E-state index contributed by atoms with van der Waals surface area (Å²) < 4.78 is 0. The third kappa shape index (κ3) is 19.6. The van der Waals surface area contributed by atoms with Crippen molar-refractivity contribution in [2.75, 3.05) is 11.5 Å². The lowest BCUT2D eigenvalue weighted by Gasteiger charge is -2.07. The van der Waals surface area contributed by atoms with Gasteiger partial charge in [0.1, 0.15) is 0 Å². The van der Waals surface area contributed by atoms with Gasteiger partial charge in [-0.2, -0.15) is 0 Å². The molecule has 0 saturated carbocycles. The first kappa shape index (κ1) is 21.6. The van der Waals surface area contributed by atoms with Gasteiger partial charge in [-0.3, -0.25) is 0 Å². The SMILES string of the molecule is Cl[Si](Cl)(Cl)CCCSSSSCCC[Si](Cl)(Cl)Cl. The van der Waals surface area contributed by atoms with Crippen LogP contribution in [-0.2, 0) is 0 Å². The van der Waals surface area contributed by atoms with Gasteiger partial charge in [0, 0.05) is 11.5 Å². The van der Waals surface area contributed by atoms with E-state index in [1.165, 1.54) is 0 Å². The van der Waals surface area contributed by atoms with Crippen LogP contribution in [0.3, 0.4) is 0 Å². The van der Waals surface area contributed by atoms with Crippen molar-refractivity contribution in [3.8, 4) is 0 Å². The van der Waals surface area contributed by atoms with Crippen LogP contribution in [0.5, 0.6) is 0 Å². The summed E-state index contributed by atoms with van der Waals surface area (Å²) in [6.45, 7) is 0. The van der Waals surface area contributed by atoms with Crippen LogP contribution in [0.25, 0.3) is 0 Å². The fraction of sp³-hybridized carbons (Fsp3) is 1.00. The van der Waals surface area contributed by atoms with Crippen molar-refractivity contribution in [3.05, 3.63) is 0 Å². The lowest BCUT2D eigenvalue weighted by atomic mass is 10.6. The Bertz CT molecular complexity index is 189. The number of hydrogen-bond acceptors (Lipinski definition) is 4. The Morgan fingerprint density at radius 2 is 0.944 bits per heavy atom. The summed E-state index contributed by atoms with van der Waals surface area (Å²) in [7, 11) is 7.10. The minimum Gasteiger partial charge on any atom is -0.126 e. The first-order valence-electron chi connectivity index (χ1n) is 4.92. The second kappa shape index (κ2) is 12.1. The Kier molecular flexibility index (Phi) is 14.4. The molecule has 12 heteroatoms. The summed E-state index contributed by atoms with van der Waals surface area (Å²) in [6, 6.07) is -3.36. The average Bonchev–Trinajstić information content (AvgIpc) is 2.17. The van der Waals surface area contributed by atoms with Crippen LogP contribution in [0.2, 0.25) is 12.1 Å². The second-order valence-electron chi connectivity index (χ2n) is 3.22. The zero-order valence-electron chi connectivity index (χ0n) is 9.14. The van der Waals surface area contributed by atoms with E-state index in [2.05, 4.69) is 0 Å². The highest BCUT2D eigenvalue weighted by molar-refractivity contribution is 9.26. The molecule has 0 heterocycles. The summed E-state index contributed by atoms with van der Waals surface area (Å²) in [4.78, 5) is 0. The van der Waals surface area contributed by atoms with Crippen LogP contribution in [0.4, 0.5) is 0 Å². The van der Waals surface area contributed by atoms with Crippen LogP contribution < -0.4 is 0 Å². The molecule has 0 rings (SSSR count). The quantitative estimate of drug-likeness (QED) is 0.128. The molecule has 0 aliphatic rings. The normalized spacial score (nSPS) is 13.0. The molecule has 0 aliphatic carbocycles. The molecular formula is C6H12Cl6S4Si2. The molecule has 0 radical (unpaired) electrons. The molecule has 18 heavy (non-hydrogen) atoms. The van der Waals surface area contributed by atoms with Crippen molar-refractivity contribution in [2.24, 2.45) is 0 Å². The van der Waals surface area contributed by atoms with Crippen molar-refractivity contribution in [3.63, 3.8) is 0 Å². The van der Waals surface area contributed by atoms with E-state index in [0.29, 0.717) is 0 Å². The summed E-state index contributed by atoms with van der Waals surface area (Å²) >= 11 is 34.7. The smallest absolute Gasteiger partial charge is 0.126 e. The Labute approximate surface area is 154 Å². The number of rotatable bonds is 11. The standard InChI is InChI=1S/C6H12Cl6S4Si2/c7-17(8,9)5-1-3-13-15-16-14-4-2-6-18(10,11)12/h1-6H2. The predicted octanol–water partition coefficient (Wildman–Crippen LogP) is 7.76. The Balaban J connectivity index is 3.13. The molecule has 110 valence electrons. The van der Waals surface area contributed by atoms with Crippen molar-refractivity contribution >= 4 is 120 Å². The van der Waals surface area contributed by atoms with E-state index in [-0.39, 0.29) is 0 Å². The van der Waals surface area contributed by atoms with E-state index in [1.54, 1.807) is 41.2 Å². The monoisotopic (exact) mass is 478 g/mol. The van der Waals surface area contributed by atoms with E-state index in [4.69, 9.17) is 66.5 Å². The van der Waals surface area contributed by atoms with E-state index in [0.717, 1.165) is 36.4 Å². The van der Waals surface area contributed by atoms with Gasteiger partial charge in [0.05, 0.1) is 0 Å². The van der Waals surface area contributed by atoms with Gasteiger partial charge in [-0.05, 0) is 44.6 Å². The van der Waals surface area contributed by atoms with Gasteiger partial charge >= 0.3 is 12.0 Å². The Morgan fingerprint density at radius 1 is 0.611 bits per heavy atom. The molecule has 0 unspecified atom stereocenters. The Morgan fingerprint density at radius 3 is 1.22 bits per heavy atom. The summed E-state index contributed by atoms with van der Waals surface area (Å²) in [6.07, 6.45) is 1.93.